The first-order valence-electron chi connectivity index (χ1n) is 7.25. The van der Waals surface area contributed by atoms with Crippen LogP contribution >= 0.6 is 0 Å². The highest BCUT2D eigenvalue weighted by Gasteiger charge is 2.24. The number of carbonyl (C=O) groups is 2. The molecule has 0 radical (unpaired) electrons. The molecule has 1 saturated carbocycles. The zero-order valence-corrected chi connectivity index (χ0v) is 12.2. The number of anilines is 1. The highest BCUT2D eigenvalue weighted by atomic mass is 16.2. The third-order valence-corrected chi connectivity index (χ3v) is 3.38. The Bertz CT molecular complexity index is 806. The maximum absolute atomic E-state index is 12.2. The van der Waals surface area contributed by atoms with E-state index in [-0.39, 0.29) is 23.3 Å². The van der Waals surface area contributed by atoms with Crippen LogP contribution in [0.25, 0.3) is 0 Å². The molecule has 23 heavy (non-hydrogen) atoms. The van der Waals surface area contributed by atoms with Crippen LogP contribution in [0.15, 0.2) is 42.5 Å². The zero-order valence-electron chi connectivity index (χ0n) is 12.2. The third-order valence-electron chi connectivity index (χ3n) is 3.38. The van der Waals surface area contributed by atoms with Gasteiger partial charge in [0.25, 0.3) is 11.8 Å². The molecule has 0 unspecified atom stereocenters. The van der Waals surface area contributed by atoms with E-state index in [0.29, 0.717) is 11.3 Å². The van der Waals surface area contributed by atoms with Crippen molar-refractivity contribution < 1.29 is 9.59 Å². The molecule has 2 amide bonds. The molecule has 1 aromatic heterocycles. The van der Waals surface area contributed by atoms with Crippen molar-refractivity contribution in [2.75, 3.05) is 5.32 Å². The molecule has 0 aliphatic heterocycles. The molecule has 1 aliphatic rings. The molecule has 6 heteroatoms. The maximum atomic E-state index is 12.2. The standard InChI is InChI=1S/C17H14N4O2/c18-10-11-3-1-4-13(9-11)20-17(23)15-6-2-5-14(21-15)16(22)19-12-7-8-12/h1-6,9,12H,7-8H2,(H,19,22)(H,20,23). The summed E-state index contributed by atoms with van der Waals surface area (Å²) in [6.45, 7) is 0. The van der Waals surface area contributed by atoms with Gasteiger partial charge in [-0.3, -0.25) is 9.59 Å². The summed E-state index contributed by atoms with van der Waals surface area (Å²) in [6.07, 6.45) is 1.97. The van der Waals surface area contributed by atoms with Crippen molar-refractivity contribution in [3.8, 4) is 6.07 Å². The van der Waals surface area contributed by atoms with E-state index in [1.807, 2.05) is 6.07 Å². The monoisotopic (exact) mass is 306 g/mol. The number of rotatable bonds is 4. The Hall–Kier alpha value is -3.20. The van der Waals surface area contributed by atoms with Crippen molar-refractivity contribution >= 4 is 17.5 Å². The van der Waals surface area contributed by atoms with E-state index in [2.05, 4.69) is 15.6 Å². The minimum absolute atomic E-state index is 0.149. The van der Waals surface area contributed by atoms with Gasteiger partial charge >= 0.3 is 0 Å². The minimum atomic E-state index is -0.429. The second-order valence-electron chi connectivity index (χ2n) is 5.30. The van der Waals surface area contributed by atoms with E-state index >= 15 is 0 Å². The van der Waals surface area contributed by atoms with E-state index < -0.39 is 5.91 Å². The molecular weight excluding hydrogens is 292 g/mol. The average molecular weight is 306 g/mol. The molecule has 1 fully saturated rings. The fraction of sp³-hybridized carbons (Fsp3) is 0.176. The van der Waals surface area contributed by atoms with E-state index in [4.69, 9.17) is 5.26 Å². The molecule has 114 valence electrons. The van der Waals surface area contributed by atoms with Gasteiger partial charge in [-0.15, -0.1) is 0 Å². The van der Waals surface area contributed by atoms with Crippen molar-refractivity contribution in [2.24, 2.45) is 0 Å². The van der Waals surface area contributed by atoms with Gasteiger partial charge in [0.1, 0.15) is 11.4 Å². The van der Waals surface area contributed by atoms with Crippen molar-refractivity contribution in [3.63, 3.8) is 0 Å². The fourth-order valence-corrected chi connectivity index (χ4v) is 2.04. The zero-order chi connectivity index (χ0) is 16.2. The Morgan fingerprint density at radius 1 is 1.09 bits per heavy atom. The van der Waals surface area contributed by atoms with Crippen molar-refractivity contribution in [1.29, 1.82) is 5.26 Å². The van der Waals surface area contributed by atoms with Crippen LogP contribution in [0.5, 0.6) is 0 Å². The van der Waals surface area contributed by atoms with Gasteiger partial charge in [0.2, 0.25) is 0 Å². The largest absolute Gasteiger partial charge is 0.348 e. The molecule has 1 aromatic carbocycles. The van der Waals surface area contributed by atoms with Crippen molar-refractivity contribution in [2.45, 2.75) is 18.9 Å². The van der Waals surface area contributed by atoms with Gasteiger partial charge in [-0.25, -0.2) is 4.98 Å². The van der Waals surface area contributed by atoms with Crippen LogP contribution in [0.4, 0.5) is 5.69 Å². The molecular formula is C17H14N4O2. The van der Waals surface area contributed by atoms with Gasteiger partial charge in [0.15, 0.2) is 0 Å². The number of hydrogen-bond acceptors (Lipinski definition) is 4. The van der Waals surface area contributed by atoms with Crippen LogP contribution in [0.3, 0.4) is 0 Å². The summed E-state index contributed by atoms with van der Waals surface area (Å²) >= 11 is 0. The summed E-state index contributed by atoms with van der Waals surface area (Å²) in [5.41, 5.74) is 1.32. The summed E-state index contributed by atoms with van der Waals surface area (Å²) in [5, 5.41) is 14.4. The second kappa shape index (κ2) is 6.28. The van der Waals surface area contributed by atoms with Crippen LogP contribution in [-0.2, 0) is 0 Å². The number of benzene rings is 1. The summed E-state index contributed by atoms with van der Waals surface area (Å²) in [6, 6.07) is 13.6. The van der Waals surface area contributed by atoms with Gasteiger partial charge in [-0.05, 0) is 43.2 Å². The number of nitrogens with zero attached hydrogens (tertiary/aromatic N) is 2. The van der Waals surface area contributed by atoms with E-state index in [9.17, 15) is 9.59 Å². The Labute approximate surface area is 133 Å². The summed E-state index contributed by atoms with van der Waals surface area (Å²) < 4.78 is 0. The molecule has 0 spiro atoms. The Morgan fingerprint density at radius 2 is 1.78 bits per heavy atom. The lowest BCUT2D eigenvalue weighted by atomic mass is 10.2. The SMILES string of the molecule is N#Cc1cccc(NC(=O)c2cccc(C(=O)NC3CC3)n2)c1. The smallest absolute Gasteiger partial charge is 0.274 e. The van der Waals surface area contributed by atoms with Gasteiger partial charge in [0, 0.05) is 11.7 Å². The van der Waals surface area contributed by atoms with Crippen LogP contribution in [-0.4, -0.2) is 22.8 Å². The molecule has 2 aromatic rings. The fourth-order valence-electron chi connectivity index (χ4n) is 2.04. The van der Waals surface area contributed by atoms with E-state index in [0.717, 1.165) is 12.8 Å². The van der Waals surface area contributed by atoms with E-state index in [1.165, 1.54) is 6.07 Å². The molecule has 0 saturated heterocycles. The van der Waals surface area contributed by atoms with Gasteiger partial charge < -0.3 is 10.6 Å². The van der Waals surface area contributed by atoms with Crippen LogP contribution < -0.4 is 10.6 Å². The molecule has 3 rings (SSSR count). The number of carbonyl (C=O) groups excluding carboxylic acids is 2. The van der Waals surface area contributed by atoms with Crippen LogP contribution in [0.1, 0.15) is 39.4 Å². The van der Waals surface area contributed by atoms with Gasteiger partial charge in [0.05, 0.1) is 11.6 Å². The number of pyridine rings is 1. The summed E-state index contributed by atoms with van der Waals surface area (Å²) in [7, 11) is 0. The van der Waals surface area contributed by atoms with Crippen LogP contribution in [0, 0.1) is 11.3 Å². The first-order chi connectivity index (χ1) is 11.2. The predicted octanol–water partition coefficient (Wildman–Crippen LogP) is 2.10. The van der Waals surface area contributed by atoms with Gasteiger partial charge in [-0.1, -0.05) is 12.1 Å². The maximum Gasteiger partial charge on any atom is 0.274 e. The first-order valence-corrected chi connectivity index (χ1v) is 7.25. The number of nitrogens with one attached hydrogen (secondary N) is 2. The third kappa shape index (κ3) is 3.71. The Morgan fingerprint density at radius 3 is 2.48 bits per heavy atom. The lowest BCUT2D eigenvalue weighted by Gasteiger charge is -2.07. The molecule has 0 atom stereocenters. The Balaban J connectivity index is 1.74. The predicted molar refractivity (Wildman–Crippen MR) is 83.8 cm³/mol. The van der Waals surface area contributed by atoms with Gasteiger partial charge in [-0.2, -0.15) is 5.26 Å². The number of nitriles is 1. The lowest BCUT2D eigenvalue weighted by molar-refractivity contribution is 0.0946. The summed E-state index contributed by atoms with van der Waals surface area (Å²) in [5.74, 6) is -0.699. The highest BCUT2D eigenvalue weighted by Crippen LogP contribution is 2.19. The second-order valence-corrected chi connectivity index (χ2v) is 5.30. The normalized spacial score (nSPS) is 13.0. The summed E-state index contributed by atoms with van der Waals surface area (Å²) in [4.78, 5) is 28.3. The Kier molecular flexibility index (Phi) is 4.02. The highest BCUT2D eigenvalue weighted by molar-refractivity contribution is 6.04. The number of amides is 2. The minimum Gasteiger partial charge on any atom is -0.348 e. The quantitative estimate of drug-likeness (QED) is 0.904. The molecule has 2 N–H and O–H groups in total. The number of hydrogen-bond donors (Lipinski definition) is 2. The number of aromatic nitrogens is 1. The molecule has 1 heterocycles. The average Bonchev–Trinajstić information content (AvgIpc) is 3.39. The van der Waals surface area contributed by atoms with Crippen LogP contribution in [0.2, 0.25) is 0 Å². The lowest BCUT2D eigenvalue weighted by Crippen LogP contribution is -2.27. The molecule has 1 aliphatic carbocycles. The van der Waals surface area contributed by atoms with Crippen molar-refractivity contribution in [1.82, 2.24) is 10.3 Å². The molecule has 0 bridgehead atoms. The first kappa shape index (κ1) is 14.7. The van der Waals surface area contributed by atoms with E-state index in [1.54, 1.807) is 36.4 Å². The topological polar surface area (TPSA) is 94.9 Å². The van der Waals surface area contributed by atoms with Crippen molar-refractivity contribution in [3.05, 3.63) is 59.4 Å². The molecule has 6 nitrogen and oxygen atoms in total.